The summed E-state index contributed by atoms with van der Waals surface area (Å²) in [7, 11) is 0. The zero-order valence-electron chi connectivity index (χ0n) is 16.1. The number of hydrogen-bond donors (Lipinski definition) is 1. The average Bonchev–Trinajstić information content (AvgIpc) is 3.21. The van der Waals surface area contributed by atoms with Crippen LogP contribution in [0.25, 0.3) is 0 Å². The third kappa shape index (κ3) is 4.10. The Morgan fingerprint density at radius 3 is 2.81 bits per heavy atom. The van der Waals surface area contributed by atoms with Gasteiger partial charge in [-0.15, -0.1) is 11.3 Å². The van der Waals surface area contributed by atoms with E-state index in [4.69, 9.17) is 0 Å². The molecule has 1 spiro atoms. The highest BCUT2D eigenvalue weighted by Crippen LogP contribution is 2.59. The van der Waals surface area contributed by atoms with Crippen molar-refractivity contribution in [3.8, 4) is 0 Å². The maximum atomic E-state index is 12.5. The van der Waals surface area contributed by atoms with Crippen molar-refractivity contribution >= 4 is 23.2 Å². The fraction of sp³-hybridized carbons (Fsp3) is 0.667. The van der Waals surface area contributed by atoms with Gasteiger partial charge in [-0.3, -0.25) is 9.59 Å². The summed E-state index contributed by atoms with van der Waals surface area (Å²) < 4.78 is 0. The summed E-state index contributed by atoms with van der Waals surface area (Å²) in [6, 6.07) is 0. The van der Waals surface area contributed by atoms with Crippen molar-refractivity contribution in [3.05, 3.63) is 27.7 Å². The zero-order chi connectivity index (χ0) is 18.9. The molecule has 2 heterocycles. The van der Waals surface area contributed by atoms with Crippen LogP contribution in [0.15, 0.2) is 17.0 Å². The van der Waals surface area contributed by atoms with E-state index < -0.39 is 0 Å². The van der Waals surface area contributed by atoms with Gasteiger partial charge in [0.1, 0.15) is 5.69 Å². The molecule has 1 atom stereocenters. The molecule has 1 aromatic rings. The number of hydrogen-bond acceptors (Lipinski definition) is 4. The van der Waals surface area contributed by atoms with E-state index in [2.05, 4.69) is 16.4 Å². The monoisotopic (exact) mass is 387 g/mol. The van der Waals surface area contributed by atoms with Crippen molar-refractivity contribution in [2.45, 2.75) is 58.3 Å². The van der Waals surface area contributed by atoms with Crippen LogP contribution in [0.4, 0.5) is 0 Å². The van der Waals surface area contributed by atoms with Crippen LogP contribution in [0.3, 0.4) is 0 Å². The Balaban J connectivity index is 1.22. The normalized spacial score (nSPS) is 23.8. The highest BCUT2D eigenvalue weighted by atomic mass is 32.1. The Morgan fingerprint density at radius 1 is 1.33 bits per heavy atom. The van der Waals surface area contributed by atoms with Gasteiger partial charge in [-0.1, -0.05) is 11.6 Å². The maximum absolute atomic E-state index is 12.5. The van der Waals surface area contributed by atoms with E-state index in [1.807, 2.05) is 17.2 Å². The van der Waals surface area contributed by atoms with E-state index in [-0.39, 0.29) is 23.1 Å². The molecule has 4 rings (SSSR count). The fourth-order valence-corrected chi connectivity index (χ4v) is 5.24. The molecule has 27 heavy (non-hydrogen) atoms. The molecule has 0 bridgehead atoms. The largest absolute Gasteiger partial charge is 0.356 e. The number of nitrogens with zero attached hydrogens (tertiary/aromatic N) is 2. The van der Waals surface area contributed by atoms with Crippen LogP contribution in [-0.4, -0.2) is 41.3 Å². The summed E-state index contributed by atoms with van der Waals surface area (Å²) in [4.78, 5) is 31.3. The molecule has 1 N–H and O–H groups in total. The smallest absolute Gasteiger partial charge is 0.273 e. The van der Waals surface area contributed by atoms with E-state index in [1.165, 1.54) is 42.6 Å². The van der Waals surface area contributed by atoms with E-state index in [9.17, 15) is 9.59 Å². The van der Waals surface area contributed by atoms with Gasteiger partial charge >= 0.3 is 0 Å². The summed E-state index contributed by atoms with van der Waals surface area (Å²) in [5.41, 5.74) is 2.22. The van der Waals surface area contributed by atoms with Gasteiger partial charge in [0.15, 0.2) is 0 Å². The van der Waals surface area contributed by atoms with Crippen molar-refractivity contribution in [1.29, 1.82) is 0 Å². The molecule has 3 aliphatic rings. The van der Waals surface area contributed by atoms with Crippen LogP contribution < -0.4 is 5.32 Å². The molecule has 2 aliphatic carbocycles. The van der Waals surface area contributed by atoms with Gasteiger partial charge in [0.2, 0.25) is 5.91 Å². The number of aromatic nitrogens is 1. The number of allylic oxidation sites excluding steroid dienone is 1. The number of thiazole rings is 1. The Bertz CT molecular complexity index is 746. The minimum Gasteiger partial charge on any atom is -0.356 e. The fourth-order valence-electron chi connectivity index (χ4n) is 4.65. The van der Waals surface area contributed by atoms with Crippen molar-refractivity contribution in [2.75, 3.05) is 19.6 Å². The van der Waals surface area contributed by atoms with Crippen LogP contribution in [0.2, 0.25) is 0 Å². The highest BCUT2D eigenvalue weighted by Gasteiger charge is 2.58. The molecular formula is C21H29N3O2S. The van der Waals surface area contributed by atoms with Crippen molar-refractivity contribution in [2.24, 2.45) is 11.3 Å². The number of carbonyl (C=O) groups is 2. The minimum absolute atomic E-state index is 0.0385. The molecule has 2 fully saturated rings. The zero-order valence-corrected chi connectivity index (χ0v) is 16.9. The van der Waals surface area contributed by atoms with Crippen LogP contribution in [-0.2, 0) is 4.79 Å². The van der Waals surface area contributed by atoms with Crippen LogP contribution >= 0.6 is 11.3 Å². The molecule has 1 unspecified atom stereocenters. The quantitative estimate of drug-likeness (QED) is 0.784. The number of aryl methyl sites for hydroxylation is 1. The van der Waals surface area contributed by atoms with Crippen molar-refractivity contribution in [1.82, 2.24) is 15.2 Å². The lowest BCUT2D eigenvalue weighted by molar-refractivity contribution is -0.123. The first kappa shape index (κ1) is 18.7. The Kier molecular flexibility index (Phi) is 5.35. The summed E-state index contributed by atoms with van der Waals surface area (Å²) in [5, 5.41) is 5.93. The van der Waals surface area contributed by atoms with Crippen molar-refractivity contribution < 1.29 is 9.59 Å². The molecular weight excluding hydrogens is 358 g/mol. The van der Waals surface area contributed by atoms with Gasteiger partial charge in [-0.25, -0.2) is 4.98 Å². The van der Waals surface area contributed by atoms with Gasteiger partial charge in [0.25, 0.3) is 5.91 Å². The average molecular weight is 388 g/mol. The van der Waals surface area contributed by atoms with Crippen LogP contribution in [0, 0.1) is 18.3 Å². The molecule has 0 aromatic carbocycles. The number of carbonyl (C=O) groups excluding carboxylic acids is 2. The Hall–Kier alpha value is -1.69. The van der Waals surface area contributed by atoms with Crippen molar-refractivity contribution in [3.63, 3.8) is 0 Å². The van der Waals surface area contributed by atoms with Gasteiger partial charge in [0, 0.05) is 30.9 Å². The molecule has 1 aliphatic heterocycles. The van der Waals surface area contributed by atoms with Gasteiger partial charge in [-0.05, 0) is 63.7 Å². The second kappa shape index (κ2) is 7.74. The van der Waals surface area contributed by atoms with Gasteiger partial charge < -0.3 is 10.2 Å². The summed E-state index contributed by atoms with van der Waals surface area (Å²) in [6.07, 6.45) is 11.2. The van der Waals surface area contributed by atoms with E-state index in [0.717, 1.165) is 50.3 Å². The molecule has 5 nitrogen and oxygen atoms in total. The highest BCUT2D eigenvalue weighted by molar-refractivity contribution is 7.09. The van der Waals surface area contributed by atoms with Gasteiger partial charge in [-0.2, -0.15) is 0 Å². The number of piperidine rings is 1. The standard InChI is InChI=1S/C21H29N3O2S/c1-15-23-18(14-27-15)20(26)24-11-8-21(9-12-24)13-17(21)19(25)22-10-7-16-5-3-2-4-6-16/h5,14,17H,2-4,6-13H2,1H3,(H,22,25). The molecule has 0 radical (unpaired) electrons. The predicted molar refractivity (Wildman–Crippen MR) is 107 cm³/mol. The summed E-state index contributed by atoms with van der Waals surface area (Å²) >= 11 is 1.52. The molecule has 1 saturated heterocycles. The second-order valence-corrected chi connectivity index (χ2v) is 9.37. The van der Waals surface area contributed by atoms with E-state index in [1.54, 1.807) is 0 Å². The molecule has 146 valence electrons. The number of likely N-dealkylation sites (tertiary alicyclic amines) is 1. The SMILES string of the molecule is Cc1nc(C(=O)N2CCC3(CC2)CC3C(=O)NCCC2=CCCCC2)cs1. The molecule has 6 heteroatoms. The molecule has 2 amide bonds. The first-order valence-corrected chi connectivity index (χ1v) is 11.1. The first-order valence-electron chi connectivity index (χ1n) is 10.2. The lowest BCUT2D eigenvalue weighted by Crippen LogP contribution is -2.40. The molecule has 1 aromatic heterocycles. The van der Waals surface area contributed by atoms with Crippen LogP contribution in [0.1, 0.15) is 66.9 Å². The minimum atomic E-state index is 0.0385. The molecule has 1 saturated carbocycles. The predicted octanol–water partition coefficient (Wildman–Crippen LogP) is 3.70. The lowest BCUT2D eigenvalue weighted by Gasteiger charge is -2.32. The summed E-state index contributed by atoms with van der Waals surface area (Å²) in [6.45, 7) is 4.17. The number of rotatable bonds is 5. The lowest BCUT2D eigenvalue weighted by atomic mass is 9.90. The third-order valence-electron chi connectivity index (χ3n) is 6.52. The second-order valence-electron chi connectivity index (χ2n) is 8.31. The number of nitrogens with one attached hydrogen (secondary N) is 1. The maximum Gasteiger partial charge on any atom is 0.273 e. The Labute approximate surface area is 165 Å². The van der Waals surface area contributed by atoms with Crippen LogP contribution in [0.5, 0.6) is 0 Å². The number of amides is 2. The van der Waals surface area contributed by atoms with E-state index >= 15 is 0 Å². The van der Waals surface area contributed by atoms with E-state index in [0.29, 0.717) is 5.69 Å². The summed E-state index contributed by atoms with van der Waals surface area (Å²) in [5.74, 6) is 0.412. The Morgan fingerprint density at radius 2 is 2.15 bits per heavy atom. The third-order valence-corrected chi connectivity index (χ3v) is 7.29. The topological polar surface area (TPSA) is 62.3 Å². The van der Waals surface area contributed by atoms with Gasteiger partial charge in [0.05, 0.1) is 5.01 Å². The first-order chi connectivity index (χ1) is 13.1.